The summed E-state index contributed by atoms with van der Waals surface area (Å²) in [5.74, 6) is -1.36. The molecule has 2 N–H and O–H groups in total. The second-order valence-corrected chi connectivity index (χ2v) is 2.17. The van der Waals surface area contributed by atoms with Crippen molar-refractivity contribution in [3.63, 3.8) is 0 Å². The molecular weight excluding hydrogens is 134 g/mol. The van der Waals surface area contributed by atoms with Crippen molar-refractivity contribution in [3.8, 4) is 0 Å². The van der Waals surface area contributed by atoms with Crippen molar-refractivity contribution in [2.45, 2.75) is 12.5 Å². The van der Waals surface area contributed by atoms with Gasteiger partial charge >= 0.3 is 5.97 Å². The molecule has 1 amide bonds. The molecule has 10 heavy (non-hydrogen) atoms. The third kappa shape index (κ3) is 1.00. The van der Waals surface area contributed by atoms with Gasteiger partial charge in [-0.1, -0.05) is 6.58 Å². The van der Waals surface area contributed by atoms with E-state index in [0.717, 1.165) is 0 Å². The number of carboxylic acid groups (broad SMARTS) is 1. The van der Waals surface area contributed by atoms with Crippen molar-refractivity contribution in [2.75, 3.05) is 0 Å². The number of carbonyl (C=O) groups excluding carboxylic acids is 1. The number of amides is 1. The van der Waals surface area contributed by atoms with Gasteiger partial charge in [0, 0.05) is 12.0 Å². The Morgan fingerprint density at radius 2 is 2.40 bits per heavy atom. The van der Waals surface area contributed by atoms with Crippen molar-refractivity contribution in [3.05, 3.63) is 12.2 Å². The van der Waals surface area contributed by atoms with E-state index >= 15 is 0 Å². The molecule has 1 atom stereocenters. The van der Waals surface area contributed by atoms with Crippen LogP contribution in [0.3, 0.4) is 0 Å². The van der Waals surface area contributed by atoms with Gasteiger partial charge in [-0.25, -0.2) is 4.79 Å². The average Bonchev–Trinajstić information content (AvgIpc) is 2.13. The molecule has 1 aliphatic heterocycles. The first-order chi connectivity index (χ1) is 4.61. The highest BCUT2D eigenvalue weighted by Crippen LogP contribution is 2.11. The summed E-state index contributed by atoms with van der Waals surface area (Å²) in [4.78, 5) is 20.9. The van der Waals surface area contributed by atoms with Crippen molar-refractivity contribution in [2.24, 2.45) is 0 Å². The molecule has 1 saturated heterocycles. The zero-order valence-corrected chi connectivity index (χ0v) is 5.26. The minimum Gasteiger partial charge on any atom is -0.480 e. The summed E-state index contributed by atoms with van der Waals surface area (Å²) in [6, 6.07) is -0.764. The molecule has 4 heteroatoms. The third-order valence-corrected chi connectivity index (χ3v) is 1.38. The van der Waals surface area contributed by atoms with Crippen molar-refractivity contribution in [1.29, 1.82) is 0 Å². The molecule has 54 valence electrons. The molecular formula is C6H7NO3. The summed E-state index contributed by atoms with van der Waals surface area (Å²) in [6.07, 6.45) is 0.216. The molecule has 0 radical (unpaired) electrons. The lowest BCUT2D eigenvalue weighted by Crippen LogP contribution is -2.32. The van der Waals surface area contributed by atoms with Gasteiger partial charge in [-0.05, 0) is 0 Å². The summed E-state index contributed by atoms with van der Waals surface area (Å²) in [5, 5.41) is 10.7. The van der Waals surface area contributed by atoms with Gasteiger partial charge in [0.25, 0.3) is 0 Å². The van der Waals surface area contributed by atoms with Crippen LogP contribution in [0.25, 0.3) is 0 Å². The van der Waals surface area contributed by atoms with Gasteiger partial charge < -0.3 is 10.4 Å². The predicted octanol–water partition coefficient (Wildman–Crippen LogP) is -0.484. The van der Waals surface area contributed by atoms with E-state index in [9.17, 15) is 9.59 Å². The summed E-state index contributed by atoms with van der Waals surface area (Å²) >= 11 is 0. The van der Waals surface area contributed by atoms with Crippen molar-refractivity contribution < 1.29 is 14.7 Å². The highest BCUT2D eigenvalue weighted by Gasteiger charge is 2.29. The predicted molar refractivity (Wildman–Crippen MR) is 33.3 cm³/mol. The molecule has 1 heterocycles. The first-order valence-corrected chi connectivity index (χ1v) is 2.82. The lowest BCUT2D eigenvalue weighted by Gasteiger charge is -1.99. The van der Waals surface area contributed by atoms with Crippen LogP contribution in [0.15, 0.2) is 12.2 Å². The fraction of sp³-hybridized carbons (Fsp3) is 0.333. The highest BCUT2D eigenvalue weighted by molar-refractivity contribution is 5.99. The number of carboxylic acids is 1. The maximum atomic E-state index is 10.6. The van der Waals surface area contributed by atoms with E-state index in [0.29, 0.717) is 5.57 Å². The summed E-state index contributed by atoms with van der Waals surface area (Å²) in [6.45, 7) is 3.39. The van der Waals surface area contributed by atoms with Crippen LogP contribution < -0.4 is 5.32 Å². The van der Waals surface area contributed by atoms with Gasteiger partial charge in [-0.3, -0.25) is 4.79 Å². The van der Waals surface area contributed by atoms with Crippen LogP contribution in [-0.4, -0.2) is 23.0 Å². The molecule has 0 saturated carbocycles. The van der Waals surface area contributed by atoms with Crippen LogP contribution in [0.4, 0.5) is 0 Å². The van der Waals surface area contributed by atoms with Gasteiger partial charge in [0.15, 0.2) is 0 Å². The quantitative estimate of drug-likeness (QED) is 0.484. The molecule has 0 aliphatic carbocycles. The van der Waals surface area contributed by atoms with Crippen molar-refractivity contribution in [1.82, 2.24) is 5.32 Å². The first kappa shape index (κ1) is 6.80. The Hall–Kier alpha value is -1.32. The van der Waals surface area contributed by atoms with E-state index in [1.165, 1.54) is 0 Å². The maximum Gasteiger partial charge on any atom is 0.326 e. The molecule has 1 fully saturated rings. The minimum absolute atomic E-state index is 0.216. The Kier molecular flexibility index (Phi) is 1.45. The van der Waals surface area contributed by atoms with Gasteiger partial charge in [-0.15, -0.1) is 0 Å². The lowest BCUT2D eigenvalue weighted by atomic mass is 10.2. The number of hydrogen-bond acceptors (Lipinski definition) is 2. The monoisotopic (exact) mass is 141 g/mol. The normalized spacial score (nSPS) is 24.6. The number of hydrogen-bond donors (Lipinski definition) is 2. The standard InChI is InChI=1S/C6H7NO3/c1-3-2-4(6(9)10)7-5(3)8/h4H,1-2H2,(H,7,8)(H,9,10)/t4-/m0/s1. The van der Waals surface area contributed by atoms with Crippen LogP contribution >= 0.6 is 0 Å². The van der Waals surface area contributed by atoms with Crippen LogP contribution in [0.5, 0.6) is 0 Å². The Morgan fingerprint density at radius 3 is 2.60 bits per heavy atom. The zero-order chi connectivity index (χ0) is 7.72. The smallest absolute Gasteiger partial charge is 0.326 e. The number of carbonyl (C=O) groups is 2. The summed E-state index contributed by atoms with van der Waals surface area (Å²) in [5.41, 5.74) is 0.340. The molecule has 0 aromatic rings. The van der Waals surface area contributed by atoms with E-state index in [1.54, 1.807) is 0 Å². The Bertz CT molecular complexity index is 193. The van der Waals surface area contributed by atoms with E-state index in [-0.39, 0.29) is 12.3 Å². The van der Waals surface area contributed by atoms with E-state index in [4.69, 9.17) is 5.11 Å². The molecule has 0 aromatic heterocycles. The van der Waals surface area contributed by atoms with Gasteiger partial charge in [0.05, 0.1) is 0 Å². The van der Waals surface area contributed by atoms with Gasteiger partial charge in [-0.2, -0.15) is 0 Å². The molecule has 0 unspecified atom stereocenters. The summed E-state index contributed by atoms with van der Waals surface area (Å²) in [7, 11) is 0. The number of rotatable bonds is 1. The SMILES string of the molecule is C=C1C[C@@H](C(=O)O)NC1=O. The Labute approximate surface area is 57.5 Å². The fourth-order valence-corrected chi connectivity index (χ4v) is 0.799. The van der Waals surface area contributed by atoms with Crippen LogP contribution in [-0.2, 0) is 9.59 Å². The van der Waals surface area contributed by atoms with Gasteiger partial charge in [0.2, 0.25) is 5.91 Å². The third-order valence-electron chi connectivity index (χ3n) is 1.38. The summed E-state index contributed by atoms with van der Waals surface area (Å²) < 4.78 is 0. The Morgan fingerprint density at radius 1 is 1.80 bits per heavy atom. The van der Waals surface area contributed by atoms with E-state index in [1.807, 2.05) is 0 Å². The maximum absolute atomic E-state index is 10.6. The first-order valence-electron chi connectivity index (χ1n) is 2.82. The average molecular weight is 141 g/mol. The largest absolute Gasteiger partial charge is 0.480 e. The Balaban J connectivity index is 2.66. The second-order valence-electron chi connectivity index (χ2n) is 2.17. The fourth-order valence-electron chi connectivity index (χ4n) is 0.799. The molecule has 0 spiro atoms. The van der Waals surface area contributed by atoms with Crippen LogP contribution in [0, 0.1) is 0 Å². The molecule has 0 bridgehead atoms. The van der Waals surface area contributed by atoms with Crippen LogP contribution in [0.1, 0.15) is 6.42 Å². The number of nitrogens with one attached hydrogen (secondary N) is 1. The molecule has 1 aliphatic rings. The minimum atomic E-state index is -1.01. The number of aliphatic carboxylic acids is 1. The molecule has 4 nitrogen and oxygen atoms in total. The van der Waals surface area contributed by atoms with E-state index in [2.05, 4.69) is 11.9 Å². The zero-order valence-electron chi connectivity index (χ0n) is 5.26. The van der Waals surface area contributed by atoms with E-state index < -0.39 is 12.0 Å². The second kappa shape index (κ2) is 2.13. The lowest BCUT2D eigenvalue weighted by molar-refractivity contribution is -0.140. The molecule has 0 aromatic carbocycles. The topological polar surface area (TPSA) is 66.4 Å². The molecule has 1 rings (SSSR count). The van der Waals surface area contributed by atoms with Crippen molar-refractivity contribution >= 4 is 11.9 Å². The van der Waals surface area contributed by atoms with Gasteiger partial charge in [0.1, 0.15) is 6.04 Å². The highest BCUT2D eigenvalue weighted by atomic mass is 16.4. The van der Waals surface area contributed by atoms with Crippen LogP contribution in [0.2, 0.25) is 0 Å².